The Morgan fingerprint density at radius 1 is 1.20 bits per heavy atom. The molecule has 1 unspecified atom stereocenters. The van der Waals surface area contributed by atoms with Gasteiger partial charge < -0.3 is 0 Å². The van der Waals surface area contributed by atoms with Crippen molar-refractivity contribution in [3.63, 3.8) is 0 Å². The molecular formula is C11H15NO2S. The van der Waals surface area contributed by atoms with Gasteiger partial charge in [0.15, 0.2) is 0 Å². The second kappa shape index (κ2) is 3.94. The average molecular weight is 225 g/mol. The summed E-state index contributed by atoms with van der Waals surface area (Å²) in [7, 11) is -3.18. The third-order valence-electron chi connectivity index (χ3n) is 2.77. The van der Waals surface area contributed by atoms with Crippen LogP contribution in [0.2, 0.25) is 0 Å². The molecule has 0 bridgehead atoms. The van der Waals surface area contributed by atoms with Crippen molar-refractivity contribution in [2.45, 2.75) is 31.1 Å². The van der Waals surface area contributed by atoms with Crippen molar-refractivity contribution in [2.75, 3.05) is 0 Å². The lowest BCUT2D eigenvalue weighted by atomic mass is 10.1. The molecule has 82 valence electrons. The number of hydrogen-bond donors (Lipinski definition) is 1. The molecule has 1 aliphatic rings. The maximum Gasteiger partial charge on any atom is 0.218 e. The molecule has 1 N–H and O–H groups in total. The van der Waals surface area contributed by atoms with E-state index in [1.165, 1.54) is 0 Å². The number of rotatable bonds is 1. The Morgan fingerprint density at radius 3 is 2.47 bits per heavy atom. The lowest BCUT2D eigenvalue weighted by Crippen LogP contribution is -2.40. The van der Waals surface area contributed by atoms with Gasteiger partial charge in [0, 0.05) is 6.04 Å². The number of benzene rings is 1. The first-order chi connectivity index (χ1) is 7.09. The molecule has 2 atom stereocenters. The number of sulfonamides is 1. The van der Waals surface area contributed by atoms with Crippen molar-refractivity contribution in [3.8, 4) is 0 Å². The first-order valence-corrected chi connectivity index (χ1v) is 6.70. The van der Waals surface area contributed by atoms with Gasteiger partial charge in [-0.3, -0.25) is 0 Å². The Morgan fingerprint density at radius 2 is 1.87 bits per heavy atom. The quantitative estimate of drug-likeness (QED) is 0.792. The third kappa shape index (κ3) is 2.21. The maximum absolute atomic E-state index is 11.9. The maximum atomic E-state index is 11.9. The van der Waals surface area contributed by atoms with Crippen LogP contribution in [0.5, 0.6) is 0 Å². The molecule has 15 heavy (non-hydrogen) atoms. The predicted molar refractivity (Wildman–Crippen MR) is 59.9 cm³/mol. The molecule has 0 aromatic heterocycles. The monoisotopic (exact) mass is 225 g/mol. The average Bonchev–Trinajstić information content (AvgIpc) is 2.17. The van der Waals surface area contributed by atoms with Gasteiger partial charge in [-0.2, -0.15) is 0 Å². The van der Waals surface area contributed by atoms with Gasteiger partial charge >= 0.3 is 0 Å². The van der Waals surface area contributed by atoms with E-state index in [4.69, 9.17) is 0 Å². The van der Waals surface area contributed by atoms with E-state index in [0.29, 0.717) is 6.42 Å². The molecular weight excluding hydrogens is 210 g/mol. The molecule has 1 aromatic carbocycles. The molecule has 0 saturated carbocycles. The number of nitrogens with one attached hydrogen (secondary N) is 1. The largest absolute Gasteiger partial charge is 0.218 e. The Bertz CT molecular complexity index is 427. The first-order valence-electron chi connectivity index (χ1n) is 5.16. The van der Waals surface area contributed by atoms with E-state index in [0.717, 1.165) is 12.0 Å². The van der Waals surface area contributed by atoms with Gasteiger partial charge in [0.2, 0.25) is 10.0 Å². The summed E-state index contributed by atoms with van der Waals surface area (Å²) in [5.41, 5.74) is 0.886. The Kier molecular flexibility index (Phi) is 2.80. The van der Waals surface area contributed by atoms with Gasteiger partial charge in [0.1, 0.15) is 5.25 Å². The molecule has 3 nitrogen and oxygen atoms in total. The molecule has 4 heteroatoms. The van der Waals surface area contributed by atoms with E-state index in [-0.39, 0.29) is 11.3 Å². The van der Waals surface area contributed by atoms with Crippen LogP contribution >= 0.6 is 0 Å². The van der Waals surface area contributed by atoms with Crippen LogP contribution in [0.15, 0.2) is 30.3 Å². The van der Waals surface area contributed by atoms with Gasteiger partial charge in [-0.05, 0) is 25.3 Å². The SMILES string of the molecule is C[C@H]1CCC(c2ccccc2)S(=O)(=O)N1. The fourth-order valence-electron chi connectivity index (χ4n) is 1.99. The molecule has 0 spiro atoms. The smallest absolute Gasteiger partial charge is 0.212 e. The van der Waals surface area contributed by atoms with Crippen LogP contribution in [0.25, 0.3) is 0 Å². The van der Waals surface area contributed by atoms with Crippen molar-refractivity contribution < 1.29 is 8.42 Å². The molecule has 1 fully saturated rings. The van der Waals surface area contributed by atoms with Gasteiger partial charge in [-0.15, -0.1) is 0 Å². The summed E-state index contributed by atoms with van der Waals surface area (Å²) in [6.45, 7) is 1.90. The minimum Gasteiger partial charge on any atom is -0.212 e. The third-order valence-corrected chi connectivity index (χ3v) is 4.76. The molecule has 1 aliphatic heterocycles. The highest BCUT2D eigenvalue weighted by Crippen LogP contribution is 2.30. The van der Waals surface area contributed by atoms with Gasteiger partial charge in [-0.1, -0.05) is 30.3 Å². The van der Waals surface area contributed by atoms with E-state index in [9.17, 15) is 8.42 Å². The van der Waals surface area contributed by atoms with Crippen LogP contribution in [-0.4, -0.2) is 14.5 Å². The van der Waals surface area contributed by atoms with Crippen LogP contribution in [0.1, 0.15) is 30.6 Å². The van der Waals surface area contributed by atoms with E-state index in [1.54, 1.807) is 0 Å². The van der Waals surface area contributed by atoms with Crippen molar-refractivity contribution in [1.82, 2.24) is 4.72 Å². The van der Waals surface area contributed by atoms with Crippen LogP contribution in [0, 0.1) is 0 Å². The summed E-state index contributed by atoms with van der Waals surface area (Å²) in [5.74, 6) is 0. The fourth-order valence-corrected chi connectivity index (χ4v) is 3.80. The van der Waals surface area contributed by atoms with Crippen LogP contribution in [0.3, 0.4) is 0 Å². The van der Waals surface area contributed by atoms with Gasteiger partial charge in [-0.25, -0.2) is 13.1 Å². The second-order valence-electron chi connectivity index (χ2n) is 4.04. The standard InChI is InChI=1S/C11H15NO2S/c1-9-7-8-11(15(13,14)12-9)10-5-3-2-4-6-10/h2-6,9,11-12H,7-8H2,1H3/t9-,11?/m0/s1. The summed E-state index contributed by atoms with van der Waals surface area (Å²) >= 11 is 0. The molecule has 1 aromatic rings. The van der Waals surface area contributed by atoms with Crippen LogP contribution < -0.4 is 4.72 Å². The Balaban J connectivity index is 2.31. The van der Waals surface area contributed by atoms with Crippen molar-refractivity contribution in [3.05, 3.63) is 35.9 Å². The first kappa shape index (κ1) is 10.6. The highest BCUT2D eigenvalue weighted by Gasteiger charge is 2.32. The molecule has 2 rings (SSSR count). The van der Waals surface area contributed by atoms with E-state index < -0.39 is 10.0 Å². The molecule has 1 heterocycles. The van der Waals surface area contributed by atoms with Crippen molar-refractivity contribution in [1.29, 1.82) is 0 Å². The van der Waals surface area contributed by atoms with E-state index in [2.05, 4.69) is 4.72 Å². The highest BCUT2D eigenvalue weighted by molar-refractivity contribution is 7.89. The summed E-state index contributed by atoms with van der Waals surface area (Å²) in [4.78, 5) is 0. The fraction of sp³-hybridized carbons (Fsp3) is 0.455. The van der Waals surface area contributed by atoms with E-state index in [1.807, 2.05) is 37.3 Å². The normalized spacial score (nSPS) is 29.9. The van der Waals surface area contributed by atoms with Crippen LogP contribution in [0.4, 0.5) is 0 Å². The predicted octanol–water partition coefficient (Wildman–Crippen LogP) is 1.83. The minimum atomic E-state index is -3.18. The summed E-state index contributed by atoms with van der Waals surface area (Å²) < 4.78 is 26.4. The zero-order valence-electron chi connectivity index (χ0n) is 8.68. The van der Waals surface area contributed by atoms with Gasteiger partial charge in [0.05, 0.1) is 0 Å². The zero-order chi connectivity index (χ0) is 10.9. The van der Waals surface area contributed by atoms with Crippen molar-refractivity contribution >= 4 is 10.0 Å². The lowest BCUT2D eigenvalue weighted by Gasteiger charge is -2.27. The Labute approximate surface area is 90.6 Å². The summed E-state index contributed by atoms with van der Waals surface area (Å²) in [6.07, 6.45) is 1.61. The van der Waals surface area contributed by atoms with Gasteiger partial charge in [0.25, 0.3) is 0 Å². The molecule has 0 amide bonds. The molecule has 1 saturated heterocycles. The highest BCUT2D eigenvalue weighted by atomic mass is 32.2. The Hall–Kier alpha value is -0.870. The second-order valence-corrected chi connectivity index (χ2v) is 5.94. The zero-order valence-corrected chi connectivity index (χ0v) is 9.50. The van der Waals surface area contributed by atoms with Crippen LogP contribution in [-0.2, 0) is 10.0 Å². The topological polar surface area (TPSA) is 46.2 Å². The minimum absolute atomic E-state index is 0.0648. The lowest BCUT2D eigenvalue weighted by molar-refractivity contribution is 0.482. The summed E-state index contributed by atoms with van der Waals surface area (Å²) in [5, 5.41) is -0.380. The number of hydrogen-bond acceptors (Lipinski definition) is 2. The van der Waals surface area contributed by atoms with Crippen molar-refractivity contribution in [2.24, 2.45) is 0 Å². The van der Waals surface area contributed by atoms with E-state index >= 15 is 0 Å². The summed E-state index contributed by atoms with van der Waals surface area (Å²) in [6, 6.07) is 9.47. The molecule has 0 radical (unpaired) electrons. The molecule has 0 aliphatic carbocycles.